The summed E-state index contributed by atoms with van der Waals surface area (Å²) in [5.41, 5.74) is 1.39. The van der Waals surface area contributed by atoms with Gasteiger partial charge in [0.15, 0.2) is 0 Å². The molecule has 0 fully saturated rings. The Morgan fingerprint density at radius 2 is 1.62 bits per heavy atom. The van der Waals surface area contributed by atoms with Crippen LogP contribution in [0.3, 0.4) is 0 Å². The first-order chi connectivity index (χ1) is 11.1. The zero-order chi connectivity index (χ0) is 17.7. The topological polar surface area (TPSA) is 39.4 Å². The van der Waals surface area contributed by atoms with Gasteiger partial charge in [0.25, 0.3) is 0 Å². The van der Waals surface area contributed by atoms with Crippen LogP contribution < -0.4 is 10.1 Å². The highest BCUT2D eigenvalue weighted by Crippen LogP contribution is 2.38. The molecule has 0 aliphatic heterocycles. The minimum atomic E-state index is -1.94. The van der Waals surface area contributed by atoms with Crippen molar-refractivity contribution in [3.63, 3.8) is 0 Å². The molecule has 1 aromatic heterocycles. The van der Waals surface area contributed by atoms with Crippen molar-refractivity contribution in [3.05, 3.63) is 52.4 Å². The van der Waals surface area contributed by atoms with E-state index in [9.17, 15) is 4.79 Å². The van der Waals surface area contributed by atoms with Gasteiger partial charge < -0.3 is 8.84 Å². The molecular formula is C20H24O3Si. The summed E-state index contributed by atoms with van der Waals surface area (Å²) in [6.07, 6.45) is 0. The average molecular weight is 340 g/mol. The summed E-state index contributed by atoms with van der Waals surface area (Å²) in [7, 11) is -1.94. The molecule has 0 saturated heterocycles. The van der Waals surface area contributed by atoms with Crippen LogP contribution >= 0.6 is 0 Å². The lowest BCUT2D eigenvalue weighted by atomic mass is 10.1. The van der Waals surface area contributed by atoms with Crippen molar-refractivity contribution in [2.24, 2.45) is 0 Å². The van der Waals surface area contributed by atoms with E-state index in [1.807, 2.05) is 43.3 Å². The SMILES string of the molecule is Cc1ccc2c(c1)oc(=O)c1cc(O[Si](C)(C)C(C)(C)C)ccc12. The predicted octanol–water partition coefficient (Wildman–Crippen LogP) is 5.64. The Labute approximate surface area is 143 Å². The van der Waals surface area contributed by atoms with E-state index in [2.05, 4.69) is 33.9 Å². The van der Waals surface area contributed by atoms with Gasteiger partial charge in [-0.05, 0) is 54.9 Å². The Kier molecular flexibility index (Phi) is 3.83. The van der Waals surface area contributed by atoms with Crippen LogP contribution in [0.5, 0.6) is 5.75 Å². The zero-order valence-corrected chi connectivity index (χ0v) is 16.2. The minimum absolute atomic E-state index is 0.105. The molecule has 0 spiro atoms. The highest BCUT2D eigenvalue weighted by molar-refractivity contribution is 6.74. The summed E-state index contributed by atoms with van der Waals surface area (Å²) >= 11 is 0. The van der Waals surface area contributed by atoms with Crippen LogP contribution in [0.25, 0.3) is 21.7 Å². The molecule has 3 rings (SSSR count). The summed E-state index contributed by atoms with van der Waals surface area (Å²) in [5.74, 6) is 0.743. The quantitative estimate of drug-likeness (QED) is 0.344. The predicted molar refractivity (Wildman–Crippen MR) is 103 cm³/mol. The fourth-order valence-corrected chi connectivity index (χ4v) is 3.55. The molecule has 0 aliphatic rings. The van der Waals surface area contributed by atoms with Crippen molar-refractivity contribution < 1.29 is 8.84 Å². The highest BCUT2D eigenvalue weighted by atomic mass is 28.4. The molecule has 126 valence electrons. The Morgan fingerprint density at radius 3 is 2.29 bits per heavy atom. The standard InChI is InChI=1S/C20H24O3Si/c1-13-7-9-16-15-10-8-14(23-24(5,6)20(2,3)4)12-17(15)19(21)22-18(16)11-13/h7-12H,1-6H3. The van der Waals surface area contributed by atoms with Gasteiger partial charge in [-0.25, -0.2) is 4.79 Å². The number of rotatable bonds is 2. The van der Waals surface area contributed by atoms with Crippen LogP contribution in [0.15, 0.2) is 45.6 Å². The van der Waals surface area contributed by atoms with Crippen molar-refractivity contribution in [2.75, 3.05) is 0 Å². The first-order valence-corrected chi connectivity index (χ1v) is 11.2. The van der Waals surface area contributed by atoms with E-state index in [0.29, 0.717) is 11.0 Å². The van der Waals surface area contributed by atoms with Crippen molar-refractivity contribution in [2.45, 2.75) is 45.8 Å². The lowest BCUT2D eigenvalue weighted by molar-refractivity contribution is 0.492. The molecular weight excluding hydrogens is 316 g/mol. The van der Waals surface area contributed by atoms with Gasteiger partial charge in [-0.3, -0.25) is 0 Å². The van der Waals surface area contributed by atoms with Gasteiger partial charge in [0.05, 0.1) is 5.39 Å². The third-order valence-electron chi connectivity index (χ3n) is 5.02. The van der Waals surface area contributed by atoms with Crippen molar-refractivity contribution in [3.8, 4) is 5.75 Å². The van der Waals surface area contributed by atoms with E-state index in [-0.39, 0.29) is 10.7 Å². The van der Waals surface area contributed by atoms with Crippen LogP contribution in [0.2, 0.25) is 18.1 Å². The van der Waals surface area contributed by atoms with Gasteiger partial charge in [-0.15, -0.1) is 0 Å². The molecule has 0 saturated carbocycles. The van der Waals surface area contributed by atoms with Gasteiger partial charge in [-0.2, -0.15) is 0 Å². The van der Waals surface area contributed by atoms with Gasteiger partial charge in [-0.1, -0.05) is 32.9 Å². The van der Waals surface area contributed by atoms with Crippen LogP contribution in [-0.2, 0) is 0 Å². The van der Waals surface area contributed by atoms with Crippen molar-refractivity contribution >= 4 is 30.1 Å². The number of aryl methyl sites for hydroxylation is 1. The molecule has 4 heteroatoms. The Balaban J connectivity index is 2.16. The molecule has 0 bridgehead atoms. The molecule has 0 radical (unpaired) electrons. The van der Waals surface area contributed by atoms with E-state index in [4.69, 9.17) is 8.84 Å². The Morgan fingerprint density at radius 1 is 0.958 bits per heavy atom. The van der Waals surface area contributed by atoms with E-state index < -0.39 is 8.32 Å². The van der Waals surface area contributed by atoms with Crippen LogP contribution in [0.4, 0.5) is 0 Å². The zero-order valence-electron chi connectivity index (χ0n) is 15.2. The maximum absolute atomic E-state index is 12.4. The maximum atomic E-state index is 12.4. The molecule has 0 amide bonds. The molecule has 0 unspecified atom stereocenters. The fraction of sp³-hybridized carbons (Fsp3) is 0.350. The van der Waals surface area contributed by atoms with Gasteiger partial charge in [0.2, 0.25) is 8.32 Å². The minimum Gasteiger partial charge on any atom is -0.543 e. The molecule has 2 aromatic carbocycles. The van der Waals surface area contributed by atoms with Gasteiger partial charge in [0, 0.05) is 10.8 Å². The molecule has 0 atom stereocenters. The lowest BCUT2D eigenvalue weighted by Gasteiger charge is -2.36. The maximum Gasteiger partial charge on any atom is 0.344 e. The molecule has 0 aliphatic carbocycles. The van der Waals surface area contributed by atoms with E-state index in [0.717, 1.165) is 22.1 Å². The summed E-state index contributed by atoms with van der Waals surface area (Å²) < 4.78 is 11.8. The van der Waals surface area contributed by atoms with Crippen molar-refractivity contribution in [1.82, 2.24) is 0 Å². The highest BCUT2D eigenvalue weighted by Gasteiger charge is 2.39. The fourth-order valence-electron chi connectivity index (χ4n) is 2.53. The normalized spacial score (nSPS) is 12.8. The smallest absolute Gasteiger partial charge is 0.344 e. The van der Waals surface area contributed by atoms with E-state index in [1.54, 1.807) is 0 Å². The largest absolute Gasteiger partial charge is 0.543 e. The third kappa shape index (κ3) is 2.86. The monoisotopic (exact) mass is 340 g/mol. The summed E-state index contributed by atoms with van der Waals surface area (Å²) in [4.78, 5) is 12.4. The summed E-state index contributed by atoms with van der Waals surface area (Å²) in [5, 5.41) is 2.54. The molecule has 1 heterocycles. The number of benzene rings is 2. The van der Waals surface area contributed by atoms with Gasteiger partial charge >= 0.3 is 5.63 Å². The Hall–Kier alpha value is -2.07. The molecule has 24 heavy (non-hydrogen) atoms. The first-order valence-electron chi connectivity index (χ1n) is 8.25. The Bertz CT molecular complexity index is 978. The third-order valence-corrected chi connectivity index (χ3v) is 9.38. The van der Waals surface area contributed by atoms with Crippen LogP contribution in [0, 0.1) is 6.92 Å². The van der Waals surface area contributed by atoms with Gasteiger partial charge in [0.1, 0.15) is 11.3 Å². The molecule has 3 aromatic rings. The average Bonchev–Trinajstić information content (AvgIpc) is 2.45. The second kappa shape index (κ2) is 5.48. The summed E-state index contributed by atoms with van der Waals surface area (Å²) in [6.45, 7) is 13.0. The van der Waals surface area contributed by atoms with E-state index >= 15 is 0 Å². The number of fused-ring (bicyclic) bond motifs is 3. The number of hydrogen-bond acceptors (Lipinski definition) is 3. The van der Waals surface area contributed by atoms with Crippen molar-refractivity contribution in [1.29, 1.82) is 0 Å². The molecule has 0 N–H and O–H groups in total. The lowest BCUT2D eigenvalue weighted by Crippen LogP contribution is -2.43. The van der Waals surface area contributed by atoms with E-state index in [1.165, 1.54) is 0 Å². The first kappa shape index (κ1) is 16.8. The van der Waals surface area contributed by atoms with Crippen LogP contribution in [-0.4, -0.2) is 8.32 Å². The van der Waals surface area contributed by atoms with Crippen LogP contribution in [0.1, 0.15) is 26.3 Å². The number of hydrogen-bond donors (Lipinski definition) is 0. The second-order valence-electron chi connectivity index (χ2n) is 7.96. The molecule has 3 nitrogen and oxygen atoms in total. The summed E-state index contributed by atoms with van der Waals surface area (Å²) in [6, 6.07) is 11.7. The second-order valence-corrected chi connectivity index (χ2v) is 12.7.